The summed E-state index contributed by atoms with van der Waals surface area (Å²) >= 11 is 1.67. The van der Waals surface area contributed by atoms with Gasteiger partial charge in [-0.25, -0.2) is 4.98 Å². The molecule has 0 spiro atoms. The summed E-state index contributed by atoms with van der Waals surface area (Å²) < 4.78 is 8.01. The van der Waals surface area contributed by atoms with E-state index >= 15 is 0 Å². The van der Waals surface area contributed by atoms with Crippen LogP contribution >= 0.6 is 11.3 Å². The van der Waals surface area contributed by atoms with Gasteiger partial charge in [-0.2, -0.15) is 0 Å². The van der Waals surface area contributed by atoms with Crippen molar-refractivity contribution in [2.24, 2.45) is 0 Å². The average Bonchev–Trinajstić information content (AvgIpc) is 2.92. The standard InChI is InChI=1S/C15H25N3OS/c1-5-6-16-13(11-19-15(2,3)4)9-12-10-18-7-8-20-14(18)17-12/h7-8,10,13,16H,5-6,9,11H2,1-4H3. The first-order chi connectivity index (χ1) is 9.48. The third kappa shape index (κ3) is 4.58. The van der Waals surface area contributed by atoms with Crippen molar-refractivity contribution in [1.82, 2.24) is 14.7 Å². The van der Waals surface area contributed by atoms with Gasteiger partial charge in [-0.15, -0.1) is 11.3 Å². The zero-order valence-corrected chi connectivity index (χ0v) is 13.7. The molecule has 2 aromatic rings. The Morgan fingerprint density at radius 2 is 2.25 bits per heavy atom. The monoisotopic (exact) mass is 295 g/mol. The fraction of sp³-hybridized carbons (Fsp3) is 0.667. The first kappa shape index (κ1) is 15.5. The summed E-state index contributed by atoms with van der Waals surface area (Å²) in [5, 5.41) is 5.61. The van der Waals surface area contributed by atoms with E-state index in [1.54, 1.807) is 11.3 Å². The molecule has 4 nitrogen and oxygen atoms in total. The maximum absolute atomic E-state index is 5.92. The fourth-order valence-corrected chi connectivity index (χ4v) is 2.73. The van der Waals surface area contributed by atoms with Crippen LogP contribution in [0.2, 0.25) is 0 Å². The highest BCUT2D eigenvalue weighted by atomic mass is 32.1. The number of aromatic nitrogens is 2. The molecule has 1 atom stereocenters. The molecule has 0 aliphatic heterocycles. The Bertz CT molecular complexity index is 498. The largest absolute Gasteiger partial charge is 0.374 e. The van der Waals surface area contributed by atoms with Gasteiger partial charge >= 0.3 is 0 Å². The molecule has 2 heterocycles. The van der Waals surface area contributed by atoms with E-state index < -0.39 is 0 Å². The van der Waals surface area contributed by atoms with E-state index in [-0.39, 0.29) is 5.60 Å². The van der Waals surface area contributed by atoms with Crippen LogP contribution in [0.3, 0.4) is 0 Å². The normalized spacial score (nSPS) is 14.0. The van der Waals surface area contributed by atoms with Crippen LogP contribution in [0.25, 0.3) is 4.96 Å². The summed E-state index contributed by atoms with van der Waals surface area (Å²) in [7, 11) is 0. The Kier molecular flexibility index (Phi) is 5.18. The predicted octanol–water partition coefficient (Wildman–Crippen LogP) is 3.12. The number of nitrogens with zero attached hydrogens (tertiary/aromatic N) is 2. The Balaban J connectivity index is 1.96. The molecule has 0 aromatic carbocycles. The van der Waals surface area contributed by atoms with Crippen molar-refractivity contribution in [3.63, 3.8) is 0 Å². The minimum absolute atomic E-state index is 0.0965. The first-order valence-electron chi connectivity index (χ1n) is 7.26. The van der Waals surface area contributed by atoms with Gasteiger partial charge in [0.25, 0.3) is 0 Å². The summed E-state index contributed by atoms with van der Waals surface area (Å²) in [6.45, 7) is 10.2. The average molecular weight is 295 g/mol. The van der Waals surface area contributed by atoms with Crippen molar-refractivity contribution in [2.45, 2.75) is 52.2 Å². The van der Waals surface area contributed by atoms with Crippen molar-refractivity contribution in [3.8, 4) is 0 Å². The number of thiazole rings is 1. The third-order valence-corrected chi connectivity index (χ3v) is 3.77. The predicted molar refractivity (Wildman–Crippen MR) is 84.6 cm³/mol. The topological polar surface area (TPSA) is 38.6 Å². The highest BCUT2D eigenvalue weighted by molar-refractivity contribution is 7.15. The van der Waals surface area contributed by atoms with Crippen LogP contribution in [0.15, 0.2) is 17.8 Å². The van der Waals surface area contributed by atoms with Crippen molar-refractivity contribution >= 4 is 16.3 Å². The second-order valence-electron chi connectivity index (χ2n) is 6.10. The van der Waals surface area contributed by atoms with E-state index in [1.807, 2.05) is 0 Å². The van der Waals surface area contributed by atoms with Gasteiger partial charge in [0.1, 0.15) is 0 Å². The molecule has 0 amide bonds. The van der Waals surface area contributed by atoms with E-state index in [4.69, 9.17) is 4.74 Å². The molecular weight excluding hydrogens is 270 g/mol. The molecule has 0 radical (unpaired) electrons. The van der Waals surface area contributed by atoms with Crippen LogP contribution in [0.4, 0.5) is 0 Å². The maximum Gasteiger partial charge on any atom is 0.193 e. The summed E-state index contributed by atoms with van der Waals surface area (Å²) in [5.74, 6) is 0. The molecule has 2 aromatic heterocycles. The number of ether oxygens (including phenoxy) is 1. The molecule has 20 heavy (non-hydrogen) atoms. The highest BCUT2D eigenvalue weighted by Crippen LogP contribution is 2.14. The van der Waals surface area contributed by atoms with Gasteiger partial charge in [-0.05, 0) is 33.7 Å². The van der Waals surface area contributed by atoms with E-state index in [0.29, 0.717) is 12.6 Å². The molecule has 0 bridgehead atoms. The zero-order chi connectivity index (χ0) is 14.6. The second kappa shape index (κ2) is 6.70. The summed E-state index contributed by atoms with van der Waals surface area (Å²) in [6, 6.07) is 0.318. The van der Waals surface area contributed by atoms with Crippen molar-refractivity contribution in [1.29, 1.82) is 0 Å². The first-order valence-corrected chi connectivity index (χ1v) is 8.14. The molecule has 2 rings (SSSR count). The zero-order valence-electron chi connectivity index (χ0n) is 12.8. The molecular formula is C15H25N3OS. The van der Waals surface area contributed by atoms with Crippen LogP contribution in [0, 0.1) is 0 Å². The van der Waals surface area contributed by atoms with Crippen molar-refractivity contribution in [2.75, 3.05) is 13.2 Å². The minimum Gasteiger partial charge on any atom is -0.374 e. The highest BCUT2D eigenvalue weighted by Gasteiger charge is 2.17. The van der Waals surface area contributed by atoms with Gasteiger partial charge in [0.05, 0.1) is 17.9 Å². The molecule has 1 N–H and O–H groups in total. The maximum atomic E-state index is 5.92. The Morgan fingerprint density at radius 3 is 2.90 bits per heavy atom. The number of imidazole rings is 1. The van der Waals surface area contributed by atoms with Crippen molar-refractivity contribution in [3.05, 3.63) is 23.5 Å². The fourth-order valence-electron chi connectivity index (χ4n) is 2.02. The van der Waals surface area contributed by atoms with Gasteiger partial charge in [0.15, 0.2) is 4.96 Å². The van der Waals surface area contributed by atoms with Crippen LogP contribution in [0.5, 0.6) is 0 Å². The molecule has 5 heteroatoms. The van der Waals surface area contributed by atoms with Crippen LogP contribution in [0.1, 0.15) is 39.8 Å². The molecule has 112 valence electrons. The molecule has 0 aliphatic rings. The van der Waals surface area contributed by atoms with E-state index in [0.717, 1.165) is 30.0 Å². The molecule has 0 fully saturated rings. The van der Waals surface area contributed by atoms with Gasteiger partial charge < -0.3 is 10.1 Å². The van der Waals surface area contributed by atoms with Gasteiger partial charge in [0.2, 0.25) is 0 Å². The molecule has 0 aliphatic carbocycles. The third-order valence-electron chi connectivity index (χ3n) is 3.00. The lowest BCUT2D eigenvalue weighted by molar-refractivity contribution is -0.0144. The number of rotatable bonds is 7. The lowest BCUT2D eigenvalue weighted by Gasteiger charge is -2.25. The number of nitrogens with one attached hydrogen (secondary N) is 1. The Morgan fingerprint density at radius 1 is 1.45 bits per heavy atom. The summed E-state index contributed by atoms with van der Waals surface area (Å²) in [5.41, 5.74) is 1.03. The molecule has 0 saturated heterocycles. The number of hydrogen-bond acceptors (Lipinski definition) is 4. The summed E-state index contributed by atoms with van der Waals surface area (Å²) in [6.07, 6.45) is 6.20. The lowest BCUT2D eigenvalue weighted by Crippen LogP contribution is -2.38. The van der Waals surface area contributed by atoms with Crippen LogP contribution in [-0.2, 0) is 11.2 Å². The van der Waals surface area contributed by atoms with Gasteiger partial charge in [-0.3, -0.25) is 4.40 Å². The van der Waals surface area contributed by atoms with Crippen molar-refractivity contribution < 1.29 is 4.74 Å². The SMILES string of the molecule is CCCNC(COC(C)(C)C)Cc1cn2ccsc2n1. The van der Waals surface area contributed by atoms with Crippen LogP contribution in [-0.4, -0.2) is 34.2 Å². The second-order valence-corrected chi connectivity index (χ2v) is 6.98. The molecule has 0 saturated carbocycles. The number of fused-ring (bicyclic) bond motifs is 1. The summed E-state index contributed by atoms with van der Waals surface area (Å²) in [4.78, 5) is 5.71. The Labute approximate surface area is 125 Å². The Hall–Kier alpha value is -0.910. The van der Waals surface area contributed by atoms with Gasteiger partial charge in [0, 0.05) is 30.2 Å². The van der Waals surface area contributed by atoms with Crippen LogP contribution < -0.4 is 5.32 Å². The number of hydrogen-bond donors (Lipinski definition) is 1. The quantitative estimate of drug-likeness (QED) is 0.853. The van der Waals surface area contributed by atoms with Gasteiger partial charge in [-0.1, -0.05) is 6.92 Å². The van der Waals surface area contributed by atoms with E-state index in [1.165, 1.54) is 0 Å². The van der Waals surface area contributed by atoms with E-state index in [9.17, 15) is 0 Å². The minimum atomic E-state index is -0.0965. The van der Waals surface area contributed by atoms with E-state index in [2.05, 4.69) is 60.2 Å². The molecule has 1 unspecified atom stereocenters. The lowest BCUT2D eigenvalue weighted by atomic mass is 10.1. The smallest absolute Gasteiger partial charge is 0.193 e.